The van der Waals surface area contributed by atoms with Crippen LogP contribution in [0.1, 0.15) is 6.92 Å². The number of nitrogens with one attached hydrogen (secondary N) is 2. The topological polar surface area (TPSA) is 76.1 Å². The Morgan fingerprint density at radius 1 is 1.20 bits per heavy atom. The van der Waals surface area contributed by atoms with E-state index in [4.69, 9.17) is 16.3 Å². The zero-order chi connectivity index (χ0) is 14.4. The molecule has 0 saturated carbocycles. The molecule has 0 radical (unpaired) electrons. The van der Waals surface area contributed by atoms with Crippen molar-refractivity contribution in [1.29, 1.82) is 0 Å². The number of carbonyl (C=O) groups excluding carboxylic acids is 1. The average molecular weight is 293 g/mol. The van der Waals surface area contributed by atoms with Crippen molar-refractivity contribution in [1.82, 2.24) is 15.6 Å². The Hall–Kier alpha value is -2.34. The van der Waals surface area contributed by atoms with Gasteiger partial charge in [-0.3, -0.25) is 5.43 Å². The second kappa shape index (κ2) is 6.72. The molecule has 0 aliphatic rings. The van der Waals surface area contributed by atoms with Crippen LogP contribution in [0.15, 0.2) is 36.4 Å². The molecule has 0 atom stereocenters. The lowest BCUT2D eigenvalue weighted by Crippen LogP contribution is -2.30. The van der Waals surface area contributed by atoms with E-state index in [1.54, 1.807) is 31.2 Å². The zero-order valence-electron chi connectivity index (χ0n) is 10.8. The van der Waals surface area contributed by atoms with Crippen LogP contribution in [0, 0.1) is 0 Å². The van der Waals surface area contributed by atoms with E-state index >= 15 is 0 Å². The van der Waals surface area contributed by atoms with Crippen LogP contribution in [-0.4, -0.2) is 22.9 Å². The van der Waals surface area contributed by atoms with Gasteiger partial charge in [0.1, 0.15) is 0 Å². The molecule has 6 nitrogen and oxygen atoms in total. The number of rotatable bonds is 4. The van der Waals surface area contributed by atoms with Gasteiger partial charge in [-0.1, -0.05) is 23.7 Å². The molecular weight excluding hydrogens is 280 g/mol. The molecule has 104 valence electrons. The van der Waals surface area contributed by atoms with Crippen molar-refractivity contribution >= 4 is 23.5 Å². The summed E-state index contributed by atoms with van der Waals surface area (Å²) in [5.74, 6) is 0.413. The predicted octanol–water partition coefficient (Wildman–Crippen LogP) is 2.87. The highest BCUT2D eigenvalue weighted by molar-refractivity contribution is 6.30. The van der Waals surface area contributed by atoms with Gasteiger partial charge in [0.25, 0.3) is 0 Å². The van der Waals surface area contributed by atoms with Gasteiger partial charge < -0.3 is 4.74 Å². The van der Waals surface area contributed by atoms with E-state index < -0.39 is 6.09 Å². The third kappa shape index (κ3) is 3.83. The van der Waals surface area contributed by atoms with Gasteiger partial charge in [-0.05, 0) is 31.2 Å². The highest BCUT2D eigenvalue weighted by Crippen LogP contribution is 2.19. The van der Waals surface area contributed by atoms with Crippen LogP contribution in [0.25, 0.3) is 11.3 Å². The predicted molar refractivity (Wildman–Crippen MR) is 76.3 cm³/mol. The maximum atomic E-state index is 11.1. The first-order valence-corrected chi connectivity index (χ1v) is 6.35. The largest absolute Gasteiger partial charge is 0.449 e. The van der Waals surface area contributed by atoms with E-state index in [-0.39, 0.29) is 0 Å². The SMILES string of the molecule is CCOC(=O)NNc1ccc(-c2ccc(Cl)cc2)nn1. The third-order valence-electron chi connectivity index (χ3n) is 2.37. The van der Waals surface area contributed by atoms with Crippen molar-refractivity contribution in [3.8, 4) is 11.3 Å². The second-order valence-corrected chi connectivity index (χ2v) is 4.22. The summed E-state index contributed by atoms with van der Waals surface area (Å²) in [4.78, 5) is 11.1. The monoisotopic (exact) mass is 292 g/mol. The summed E-state index contributed by atoms with van der Waals surface area (Å²) in [5.41, 5.74) is 6.55. The fraction of sp³-hybridized carbons (Fsp3) is 0.154. The van der Waals surface area contributed by atoms with E-state index in [2.05, 4.69) is 21.0 Å². The van der Waals surface area contributed by atoms with Crippen molar-refractivity contribution in [2.75, 3.05) is 12.0 Å². The van der Waals surface area contributed by atoms with Crippen molar-refractivity contribution < 1.29 is 9.53 Å². The lowest BCUT2D eigenvalue weighted by Gasteiger charge is -2.07. The van der Waals surface area contributed by atoms with E-state index in [1.165, 1.54) is 0 Å². The number of nitrogens with zero attached hydrogens (tertiary/aromatic N) is 2. The molecule has 0 aliphatic carbocycles. The number of aromatic nitrogens is 2. The fourth-order valence-corrected chi connectivity index (χ4v) is 1.58. The minimum absolute atomic E-state index is 0.300. The number of hydrazine groups is 1. The highest BCUT2D eigenvalue weighted by Gasteiger charge is 2.03. The summed E-state index contributed by atoms with van der Waals surface area (Å²) in [5, 5.41) is 8.67. The molecule has 0 bridgehead atoms. The maximum Gasteiger partial charge on any atom is 0.425 e. The zero-order valence-corrected chi connectivity index (χ0v) is 11.5. The average Bonchev–Trinajstić information content (AvgIpc) is 2.47. The molecular formula is C13H13ClN4O2. The first-order chi connectivity index (χ1) is 9.69. The molecule has 0 fully saturated rings. The van der Waals surface area contributed by atoms with Gasteiger partial charge in [-0.15, -0.1) is 10.2 Å². The molecule has 2 rings (SSSR count). The summed E-state index contributed by atoms with van der Waals surface area (Å²) in [6.45, 7) is 2.02. The van der Waals surface area contributed by atoms with Crippen molar-refractivity contribution in [3.05, 3.63) is 41.4 Å². The molecule has 1 aromatic heterocycles. The van der Waals surface area contributed by atoms with Crippen LogP contribution < -0.4 is 10.9 Å². The van der Waals surface area contributed by atoms with Crippen LogP contribution in [0.5, 0.6) is 0 Å². The van der Waals surface area contributed by atoms with Gasteiger partial charge in [-0.25, -0.2) is 10.2 Å². The second-order valence-electron chi connectivity index (χ2n) is 3.78. The van der Waals surface area contributed by atoms with E-state index in [0.29, 0.717) is 23.1 Å². The van der Waals surface area contributed by atoms with Crippen LogP contribution in [0.4, 0.5) is 10.6 Å². The molecule has 0 spiro atoms. The number of benzene rings is 1. The quantitative estimate of drug-likeness (QED) is 0.847. The number of ether oxygens (including phenoxy) is 1. The smallest absolute Gasteiger partial charge is 0.425 e. The molecule has 0 aliphatic heterocycles. The summed E-state index contributed by atoms with van der Waals surface area (Å²) < 4.78 is 4.69. The van der Waals surface area contributed by atoms with Crippen LogP contribution in [0.2, 0.25) is 5.02 Å². The van der Waals surface area contributed by atoms with Gasteiger partial charge in [0.2, 0.25) is 0 Å². The molecule has 2 aromatic rings. The Balaban J connectivity index is 1.99. The molecule has 1 aromatic carbocycles. The highest BCUT2D eigenvalue weighted by atomic mass is 35.5. The summed E-state index contributed by atoms with van der Waals surface area (Å²) in [6.07, 6.45) is -0.573. The van der Waals surface area contributed by atoms with Gasteiger partial charge >= 0.3 is 6.09 Å². The standard InChI is InChI=1S/C13H13ClN4O2/c1-2-20-13(19)18-17-12-8-7-11(15-16-12)9-3-5-10(14)6-4-9/h3-8H,2H2,1H3,(H,16,17)(H,18,19). The Morgan fingerprint density at radius 3 is 2.55 bits per heavy atom. The molecule has 1 amide bonds. The summed E-state index contributed by atoms with van der Waals surface area (Å²) in [7, 11) is 0. The van der Waals surface area contributed by atoms with Crippen LogP contribution >= 0.6 is 11.6 Å². The van der Waals surface area contributed by atoms with Crippen LogP contribution in [0.3, 0.4) is 0 Å². The summed E-state index contributed by atoms with van der Waals surface area (Å²) in [6, 6.07) is 10.8. The van der Waals surface area contributed by atoms with Gasteiger partial charge in [0.05, 0.1) is 12.3 Å². The van der Waals surface area contributed by atoms with Gasteiger partial charge in [0, 0.05) is 10.6 Å². The molecule has 2 N–H and O–H groups in total. The van der Waals surface area contributed by atoms with E-state index in [0.717, 1.165) is 5.56 Å². The number of amides is 1. The lowest BCUT2D eigenvalue weighted by molar-refractivity contribution is 0.154. The van der Waals surface area contributed by atoms with Gasteiger partial charge in [0.15, 0.2) is 5.82 Å². The third-order valence-corrected chi connectivity index (χ3v) is 2.62. The first-order valence-electron chi connectivity index (χ1n) is 5.97. The number of halogens is 1. The van der Waals surface area contributed by atoms with Gasteiger partial charge in [-0.2, -0.15) is 0 Å². The normalized spacial score (nSPS) is 9.90. The van der Waals surface area contributed by atoms with Crippen molar-refractivity contribution in [2.24, 2.45) is 0 Å². The first kappa shape index (κ1) is 14.1. The number of hydrogen-bond acceptors (Lipinski definition) is 5. The number of hydrogen-bond donors (Lipinski definition) is 2. The van der Waals surface area contributed by atoms with Crippen molar-refractivity contribution in [3.63, 3.8) is 0 Å². The lowest BCUT2D eigenvalue weighted by atomic mass is 10.1. The number of anilines is 1. The fourth-order valence-electron chi connectivity index (χ4n) is 1.46. The van der Waals surface area contributed by atoms with E-state index in [1.807, 2.05) is 12.1 Å². The van der Waals surface area contributed by atoms with Crippen LogP contribution in [-0.2, 0) is 4.74 Å². The Bertz CT molecular complexity index is 572. The Labute approximate surface area is 121 Å². The van der Waals surface area contributed by atoms with E-state index in [9.17, 15) is 4.79 Å². The number of carbonyl (C=O) groups is 1. The van der Waals surface area contributed by atoms with Crippen molar-refractivity contribution in [2.45, 2.75) is 6.92 Å². The Kier molecular flexibility index (Phi) is 4.73. The molecule has 7 heteroatoms. The summed E-state index contributed by atoms with van der Waals surface area (Å²) >= 11 is 5.82. The molecule has 20 heavy (non-hydrogen) atoms. The minimum atomic E-state index is -0.573. The molecule has 0 unspecified atom stereocenters. The minimum Gasteiger partial charge on any atom is -0.449 e. The molecule has 0 saturated heterocycles. The molecule has 1 heterocycles. The maximum absolute atomic E-state index is 11.1. The Morgan fingerprint density at radius 2 is 1.95 bits per heavy atom.